The average Bonchev–Trinajstić information content (AvgIpc) is 2.41. The molecule has 0 radical (unpaired) electrons. The zero-order chi connectivity index (χ0) is 16.2. The average molecular weight is 318 g/mol. The van der Waals surface area contributed by atoms with Crippen LogP contribution < -0.4 is 5.32 Å². The highest BCUT2D eigenvalue weighted by atomic mass is 32.2. The molecule has 1 fully saturated rings. The third-order valence-electron chi connectivity index (χ3n) is 4.07. The Bertz CT molecular complexity index is 489. The van der Waals surface area contributed by atoms with Gasteiger partial charge in [-0.3, -0.25) is 9.59 Å². The van der Waals surface area contributed by atoms with Crippen molar-refractivity contribution in [1.29, 1.82) is 0 Å². The van der Waals surface area contributed by atoms with Crippen LogP contribution in [-0.4, -0.2) is 55.3 Å². The monoisotopic (exact) mass is 318 g/mol. The molecule has 1 N–H and O–H groups in total. The Morgan fingerprint density at radius 2 is 1.86 bits per heavy atom. The first-order valence-electron chi connectivity index (χ1n) is 7.54. The molecule has 3 atom stereocenters. The summed E-state index contributed by atoms with van der Waals surface area (Å²) in [7, 11) is -3.16. The summed E-state index contributed by atoms with van der Waals surface area (Å²) in [6.07, 6.45) is 1.33. The van der Waals surface area contributed by atoms with Gasteiger partial charge >= 0.3 is 0 Å². The van der Waals surface area contributed by atoms with Crippen LogP contribution in [0.5, 0.6) is 0 Å². The zero-order valence-corrected chi connectivity index (χ0v) is 14.1. The van der Waals surface area contributed by atoms with Crippen LogP contribution in [0, 0.1) is 5.92 Å². The Morgan fingerprint density at radius 1 is 1.24 bits per heavy atom. The molecule has 0 aromatic carbocycles. The van der Waals surface area contributed by atoms with E-state index in [0.717, 1.165) is 6.42 Å². The van der Waals surface area contributed by atoms with Gasteiger partial charge in [-0.1, -0.05) is 27.2 Å². The summed E-state index contributed by atoms with van der Waals surface area (Å²) in [5.41, 5.74) is 0. The van der Waals surface area contributed by atoms with E-state index in [9.17, 15) is 18.0 Å². The van der Waals surface area contributed by atoms with Gasteiger partial charge in [-0.2, -0.15) is 0 Å². The van der Waals surface area contributed by atoms with Gasteiger partial charge in [0.05, 0.1) is 5.75 Å². The van der Waals surface area contributed by atoms with Crippen molar-refractivity contribution in [3.63, 3.8) is 0 Å². The van der Waals surface area contributed by atoms with Gasteiger partial charge in [-0.25, -0.2) is 8.42 Å². The van der Waals surface area contributed by atoms with Crippen LogP contribution in [0.1, 0.15) is 40.5 Å². The molecule has 0 aliphatic carbocycles. The Hall–Kier alpha value is -1.11. The summed E-state index contributed by atoms with van der Waals surface area (Å²) in [5.74, 6) is -0.332. The van der Waals surface area contributed by atoms with Gasteiger partial charge in [-0.05, 0) is 19.3 Å². The number of rotatable bonds is 7. The number of sulfone groups is 1. The molecule has 3 unspecified atom stereocenters. The molecule has 0 aromatic heterocycles. The van der Waals surface area contributed by atoms with Gasteiger partial charge in [0.2, 0.25) is 11.8 Å². The third-order valence-corrected chi connectivity index (χ3v) is 5.90. The number of nitrogens with zero attached hydrogens (tertiary/aromatic N) is 1. The van der Waals surface area contributed by atoms with Gasteiger partial charge < -0.3 is 10.2 Å². The van der Waals surface area contributed by atoms with E-state index in [1.165, 1.54) is 4.90 Å². The lowest BCUT2D eigenvalue weighted by Crippen LogP contribution is -2.64. The number of nitrogens with one attached hydrogen (secondary N) is 1. The molecule has 0 spiro atoms. The highest BCUT2D eigenvalue weighted by Gasteiger charge is 2.40. The molecule has 7 heteroatoms. The maximum absolute atomic E-state index is 12.5. The van der Waals surface area contributed by atoms with Crippen molar-refractivity contribution in [2.75, 3.05) is 18.1 Å². The van der Waals surface area contributed by atoms with Crippen molar-refractivity contribution in [2.45, 2.75) is 52.6 Å². The normalized spacial score (nSPS) is 24.9. The molecule has 1 heterocycles. The Morgan fingerprint density at radius 3 is 2.38 bits per heavy atom. The molecule has 0 saturated carbocycles. The smallest absolute Gasteiger partial charge is 0.246 e. The first kappa shape index (κ1) is 17.9. The Balaban J connectivity index is 2.82. The molecule has 2 amide bonds. The third kappa shape index (κ3) is 4.43. The molecule has 1 aliphatic rings. The number of piperazine rings is 1. The zero-order valence-electron chi connectivity index (χ0n) is 13.3. The van der Waals surface area contributed by atoms with Crippen molar-refractivity contribution in [3.8, 4) is 0 Å². The molecule has 0 aromatic rings. The standard InChI is InChI=1S/C14H26N2O4S/c1-5-8-21(19,20)9-7-16-11(4)13(17)15-12(14(16)18)10(3)6-2/h10-12H,5-9H2,1-4H3,(H,15,17). The Kier molecular flexibility index (Phi) is 6.19. The molecule has 6 nitrogen and oxygen atoms in total. The van der Waals surface area contributed by atoms with E-state index < -0.39 is 21.9 Å². The fourth-order valence-corrected chi connectivity index (χ4v) is 3.72. The second kappa shape index (κ2) is 7.24. The van der Waals surface area contributed by atoms with E-state index in [4.69, 9.17) is 0 Å². The number of hydrogen-bond donors (Lipinski definition) is 1. The summed E-state index contributed by atoms with van der Waals surface area (Å²) in [6.45, 7) is 7.39. The largest absolute Gasteiger partial charge is 0.342 e. The SMILES string of the molecule is CCCS(=O)(=O)CCN1C(=O)C(C(C)CC)NC(=O)C1C. The van der Waals surface area contributed by atoms with Crippen molar-refractivity contribution in [2.24, 2.45) is 5.92 Å². The van der Waals surface area contributed by atoms with Crippen LogP contribution in [0.4, 0.5) is 0 Å². The van der Waals surface area contributed by atoms with Gasteiger partial charge in [0.1, 0.15) is 12.1 Å². The molecular formula is C14H26N2O4S. The lowest BCUT2D eigenvalue weighted by Gasteiger charge is -2.39. The summed E-state index contributed by atoms with van der Waals surface area (Å²) < 4.78 is 23.6. The summed E-state index contributed by atoms with van der Waals surface area (Å²) >= 11 is 0. The highest BCUT2D eigenvalue weighted by molar-refractivity contribution is 7.91. The van der Waals surface area contributed by atoms with E-state index in [-0.39, 0.29) is 35.8 Å². The molecule has 1 aliphatic heterocycles. The lowest BCUT2D eigenvalue weighted by atomic mass is 9.94. The minimum Gasteiger partial charge on any atom is -0.342 e. The van der Waals surface area contributed by atoms with E-state index in [1.54, 1.807) is 13.8 Å². The lowest BCUT2D eigenvalue weighted by molar-refractivity contribution is -0.149. The number of carbonyl (C=O) groups is 2. The molecule has 122 valence electrons. The van der Waals surface area contributed by atoms with Crippen molar-refractivity contribution in [1.82, 2.24) is 10.2 Å². The van der Waals surface area contributed by atoms with Crippen LogP contribution in [-0.2, 0) is 19.4 Å². The van der Waals surface area contributed by atoms with Gasteiger partial charge in [0, 0.05) is 12.3 Å². The van der Waals surface area contributed by atoms with Gasteiger partial charge in [0.15, 0.2) is 9.84 Å². The van der Waals surface area contributed by atoms with Crippen LogP contribution in [0.2, 0.25) is 0 Å². The van der Waals surface area contributed by atoms with Crippen molar-refractivity contribution >= 4 is 21.7 Å². The van der Waals surface area contributed by atoms with E-state index in [1.807, 2.05) is 13.8 Å². The minimum atomic E-state index is -3.16. The van der Waals surface area contributed by atoms with E-state index in [0.29, 0.717) is 6.42 Å². The molecule has 21 heavy (non-hydrogen) atoms. The summed E-state index contributed by atoms with van der Waals surface area (Å²) in [5, 5.41) is 2.74. The second-order valence-electron chi connectivity index (χ2n) is 5.73. The van der Waals surface area contributed by atoms with Crippen molar-refractivity contribution < 1.29 is 18.0 Å². The quantitative estimate of drug-likeness (QED) is 0.744. The van der Waals surface area contributed by atoms with Crippen LogP contribution >= 0.6 is 0 Å². The Labute approximate surface area is 127 Å². The van der Waals surface area contributed by atoms with E-state index in [2.05, 4.69) is 5.32 Å². The van der Waals surface area contributed by atoms with Gasteiger partial charge in [-0.15, -0.1) is 0 Å². The number of hydrogen-bond acceptors (Lipinski definition) is 4. The fourth-order valence-electron chi connectivity index (χ4n) is 2.42. The summed E-state index contributed by atoms with van der Waals surface area (Å²) in [6, 6.07) is -1.16. The second-order valence-corrected chi connectivity index (χ2v) is 8.03. The maximum atomic E-state index is 12.5. The first-order valence-corrected chi connectivity index (χ1v) is 9.36. The predicted molar refractivity (Wildman–Crippen MR) is 81.5 cm³/mol. The molecule has 1 saturated heterocycles. The first-order chi connectivity index (χ1) is 9.73. The highest BCUT2D eigenvalue weighted by Crippen LogP contribution is 2.17. The van der Waals surface area contributed by atoms with Crippen molar-refractivity contribution in [3.05, 3.63) is 0 Å². The van der Waals surface area contributed by atoms with E-state index >= 15 is 0 Å². The van der Waals surface area contributed by atoms with Gasteiger partial charge in [0.25, 0.3) is 0 Å². The summed E-state index contributed by atoms with van der Waals surface area (Å²) in [4.78, 5) is 25.9. The minimum absolute atomic E-state index is 0.0312. The topological polar surface area (TPSA) is 83.6 Å². The van der Waals surface area contributed by atoms with Crippen LogP contribution in [0.3, 0.4) is 0 Å². The molecule has 1 rings (SSSR count). The number of carbonyl (C=O) groups excluding carboxylic acids is 2. The molecule has 0 bridgehead atoms. The maximum Gasteiger partial charge on any atom is 0.246 e. The predicted octanol–water partition coefficient (Wildman–Crippen LogP) is 0.573. The fraction of sp³-hybridized carbons (Fsp3) is 0.857. The van der Waals surface area contributed by atoms with Crippen LogP contribution in [0.25, 0.3) is 0 Å². The van der Waals surface area contributed by atoms with Crippen LogP contribution in [0.15, 0.2) is 0 Å². The molecular weight excluding hydrogens is 292 g/mol. The number of amides is 2.